The number of rotatable bonds is 7. The van der Waals surface area contributed by atoms with Crippen LogP contribution in [0.15, 0.2) is 0 Å². The number of hydrogen-bond donors (Lipinski definition) is 3. The van der Waals surface area contributed by atoms with Crippen LogP contribution in [0.5, 0.6) is 0 Å². The maximum Gasteiger partial charge on any atom is 0.279 e. The van der Waals surface area contributed by atoms with Gasteiger partial charge in [0.05, 0.1) is 10.9 Å². The van der Waals surface area contributed by atoms with Crippen LogP contribution in [0, 0.1) is 12.8 Å². The molecule has 1 saturated carbocycles. The zero-order valence-corrected chi connectivity index (χ0v) is 15.8. The first kappa shape index (κ1) is 19.2. The molecule has 0 bridgehead atoms. The molecule has 8 nitrogen and oxygen atoms in total. The van der Waals surface area contributed by atoms with E-state index in [1.165, 1.54) is 0 Å². The third kappa shape index (κ3) is 5.20. The summed E-state index contributed by atoms with van der Waals surface area (Å²) in [6.45, 7) is 5.78. The molecule has 2 rings (SSSR count). The van der Waals surface area contributed by atoms with Crippen molar-refractivity contribution in [2.24, 2.45) is 5.92 Å². The van der Waals surface area contributed by atoms with E-state index in [2.05, 4.69) is 25.2 Å². The molecular formula is C14H25N5O3S2. The molecule has 0 radical (unpaired) electrons. The number of amides is 1. The summed E-state index contributed by atoms with van der Waals surface area (Å²) in [5, 5.41) is 3.40. The molecular weight excluding hydrogens is 350 g/mol. The summed E-state index contributed by atoms with van der Waals surface area (Å²) in [6.07, 6.45) is 3.50. The van der Waals surface area contributed by atoms with Crippen LogP contribution >= 0.6 is 11.5 Å². The van der Waals surface area contributed by atoms with Crippen LogP contribution in [0.25, 0.3) is 0 Å². The van der Waals surface area contributed by atoms with E-state index in [1.54, 1.807) is 20.8 Å². The van der Waals surface area contributed by atoms with Crippen molar-refractivity contribution < 1.29 is 13.2 Å². The van der Waals surface area contributed by atoms with Crippen molar-refractivity contribution in [2.75, 3.05) is 6.54 Å². The summed E-state index contributed by atoms with van der Waals surface area (Å²) < 4.78 is 30.3. The van der Waals surface area contributed by atoms with E-state index in [0.717, 1.165) is 37.2 Å². The van der Waals surface area contributed by atoms with Crippen LogP contribution < -0.4 is 15.6 Å². The number of sulfonamides is 1. The molecule has 1 heterocycles. The van der Waals surface area contributed by atoms with Gasteiger partial charge >= 0.3 is 0 Å². The first-order valence-corrected chi connectivity index (χ1v) is 10.4. The molecule has 1 aromatic rings. The highest BCUT2D eigenvalue weighted by Crippen LogP contribution is 2.24. The van der Waals surface area contributed by atoms with Gasteiger partial charge in [-0.05, 0) is 63.9 Å². The second-order valence-corrected chi connectivity index (χ2v) is 9.47. The first-order chi connectivity index (χ1) is 11.3. The third-order valence-electron chi connectivity index (χ3n) is 4.25. The molecule has 0 atom stereocenters. The highest BCUT2D eigenvalue weighted by molar-refractivity contribution is 7.90. The summed E-state index contributed by atoms with van der Waals surface area (Å²) in [5.41, 5.74) is 6.25. The summed E-state index contributed by atoms with van der Waals surface area (Å²) >= 11 is 1.07. The zero-order valence-electron chi connectivity index (χ0n) is 14.2. The number of nitrogens with zero attached hydrogens (tertiary/aromatic N) is 2. The topological polar surface area (TPSA) is 113 Å². The van der Waals surface area contributed by atoms with Gasteiger partial charge in [0.2, 0.25) is 10.0 Å². The predicted molar refractivity (Wildman–Crippen MR) is 93.1 cm³/mol. The second-order valence-electron chi connectivity index (χ2n) is 6.45. The number of nitrogens with one attached hydrogen (secondary N) is 3. The average molecular weight is 376 g/mol. The summed E-state index contributed by atoms with van der Waals surface area (Å²) in [4.78, 5) is 12.4. The third-order valence-corrected chi connectivity index (χ3v) is 6.98. The number of hydrazine groups is 1. The van der Waals surface area contributed by atoms with Crippen LogP contribution in [-0.2, 0) is 10.0 Å². The standard InChI is InChI=1S/C14H25N5O3S2/c1-9(2)24(21,22)18-12-6-4-11(5-7-12)8-15-17-14(20)13-10(3)16-19-23-13/h9,11-12,15,18H,4-8H2,1-3H3,(H,17,20). The van der Waals surface area contributed by atoms with Crippen molar-refractivity contribution in [3.63, 3.8) is 0 Å². The summed E-state index contributed by atoms with van der Waals surface area (Å²) in [7, 11) is -3.21. The Morgan fingerprint density at radius 2 is 1.96 bits per heavy atom. The van der Waals surface area contributed by atoms with Crippen LogP contribution in [0.3, 0.4) is 0 Å². The SMILES string of the molecule is Cc1nnsc1C(=O)NNCC1CCC(NS(=O)(=O)C(C)C)CC1. The van der Waals surface area contributed by atoms with Gasteiger partial charge in [0.25, 0.3) is 5.91 Å². The van der Waals surface area contributed by atoms with E-state index in [1.807, 2.05) is 0 Å². The van der Waals surface area contributed by atoms with Gasteiger partial charge in [0.1, 0.15) is 4.88 Å². The molecule has 0 unspecified atom stereocenters. The van der Waals surface area contributed by atoms with Crippen LogP contribution in [0.4, 0.5) is 0 Å². The van der Waals surface area contributed by atoms with Gasteiger partial charge in [0, 0.05) is 12.6 Å². The predicted octanol–water partition coefficient (Wildman–Crippen LogP) is 0.968. The molecule has 1 aliphatic carbocycles. The van der Waals surface area contributed by atoms with E-state index >= 15 is 0 Å². The van der Waals surface area contributed by atoms with E-state index < -0.39 is 15.3 Å². The molecule has 0 aliphatic heterocycles. The fraction of sp³-hybridized carbons (Fsp3) is 0.786. The molecule has 1 fully saturated rings. The lowest BCUT2D eigenvalue weighted by atomic mass is 9.86. The van der Waals surface area contributed by atoms with Gasteiger partial charge in [-0.2, -0.15) is 0 Å². The molecule has 24 heavy (non-hydrogen) atoms. The molecule has 10 heteroatoms. The Kier molecular flexibility index (Phi) is 6.67. The van der Waals surface area contributed by atoms with Crippen molar-refractivity contribution in [1.29, 1.82) is 0 Å². The number of carbonyl (C=O) groups is 1. The Labute approximate surface area is 147 Å². The smallest absolute Gasteiger partial charge is 0.279 e. The van der Waals surface area contributed by atoms with E-state index in [4.69, 9.17) is 0 Å². The lowest BCUT2D eigenvalue weighted by Crippen LogP contribution is -2.44. The van der Waals surface area contributed by atoms with Crippen molar-refractivity contribution in [3.05, 3.63) is 10.6 Å². The molecule has 136 valence electrons. The fourth-order valence-electron chi connectivity index (χ4n) is 2.62. The highest BCUT2D eigenvalue weighted by atomic mass is 32.2. The Balaban J connectivity index is 1.68. The van der Waals surface area contributed by atoms with Crippen molar-refractivity contribution in [3.8, 4) is 0 Å². The van der Waals surface area contributed by atoms with Gasteiger partial charge in [0.15, 0.2) is 0 Å². The molecule has 0 aromatic carbocycles. The monoisotopic (exact) mass is 375 g/mol. The Bertz CT molecular complexity index is 651. The molecule has 0 saturated heterocycles. The normalized spacial score (nSPS) is 21.8. The fourth-order valence-corrected chi connectivity index (χ4v) is 4.15. The van der Waals surface area contributed by atoms with E-state index in [-0.39, 0.29) is 11.9 Å². The van der Waals surface area contributed by atoms with Crippen molar-refractivity contribution in [2.45, 2.75) is 57.7 Å². The highest BCUT2D eigenvalue weighted by Gasteiger charge is 2.26. The number of aromatic nitrogens is 2. The Hall–Kier alpha value is -1.10. The Morgan fingerprint density at radius 1 is 1.29 bits per heavy atom. The maximum atomic E-state index is 11.9. The Morgan fingerprint density at radius 3 is 2.50 bits per heavy atom. The zero-order chi connectivity index (χ0) is 17.7. The molecule has 0 spiro atoms. The van der Waals surface area contributed by atoms with Crippen molar-refractivity contribution >= 4 is 27.5 Å². The van der Waals surface area contributed by atoms with Gasteiger partial charge in [-0.15, -0.1) is 5.10 Å². The largest absolute Gasteiger partial charge is 0.287 e. The number of carbonyl (C=O) groups excluding carboxylic acids is 1. The van der Waals surface area contributed by atoms with Gasteiger partial charge in [-0.25, -0.2) is 18.6 Å². The second kappa shape index (κ2) is 8.32. The number of aryl methyl sites for hydroxylation is 1. The number of hydrogen-bond acceptors (Lipinski definition) is 7. The van der Waals surface area contributed by atoms with E-state index in [9.17, 15) is 13.2 Å². The average Bonchev–Trinajstić information content (AvgIpc) is 2.94. The minimum absolute atomic E-state index is 0.0224. The molecule has 1 amide bonds. The summed E-state index contributed by atoms with van der Waals surface area (Å²) in [5.74, 6) is 0.201. The van der Waals surface area contributed by atoms with Gasteiger partial charge in [-0.1, -0.05) is 4.49 Å². The lowest BCUT2D eigenvalue weighted by Gasteiger charge is -2.29. The van der Waals surface area contributed by atoms with Crippen LogP contribution in [0.2, 0.25) is 0 Å². The van der Waals surface area contributed by atoms with Crippen LogP contribution in [0.1, 0.15) is 54.9 Å². The minimum Gasteiger partial charge on any atom is -0.287 e. The van der Waals surface area contributed by atoms with Crippen molar-refractivity contribution in [1.82, 2.24) is 25.2 Å². The molecule has 1 aliphatic rings. The molecule has 1 aromatic heterocycles. The van der Waals surface area contributed by atoms with E-state index in [0.29, 0.717) is 23.0 Å². The molecule has 3 N–H and O–H groups in total. The van der Waals surface area contributed by atoms with Crippen LogP contribution in [-0.4, -0.2) is 41.7 Å². The van der Waals surface area contributed by atoms with Gasteiger partial charge in [-0.3, -0.25) is 10.2 Å². The summed E-state index contributed by atoms with van der Waals surface area (Å²) in [6, 6.07) is 0.0224. The van der Waals surface area contributed by atoms with Gasteiger partial charge < -0.3 is 0 Å². The lowest BCUT2D eigenvalue weighted by molar-refractivity contribution is 0.0931. The maximum absolute atomic E-state index is 11.9. The first-order valence-electron chi connectivity index (χ1n) is 8.13. The quantitative estimate of drug-likeness (QED) is 0.612. The minimum atomic E-state index is -3.21.